The molecule has 4 nitrogen and oxygen atoms in total. The standard InChI is InChI=1S/C19H24O4/c1-15(10-11-22-13-16-6-4-3-5-7-16)8-9-17-12-18(20)23-14-19(17,2)21/h3-7,10,12,21H,8-9,11,13-14H2,1-2H3/b15-10+/t19-/m0/s1. The Bertz CT molecular complexity index is 585. The molecule has 0 fully saturated rings. The van der Waals surface area contributed by atoms with Crippen LogP contribution in [0.3, 0.4) is 0 Å². The van der Waals surface area contributed by atoms with E-state index in [-0.39, 0.29) is 12.6 Å². The number of carbonyl (C=O) groups is 1. The summed E-state index contributed by atoms with van der Waals surface area (Å²) < 4.78 is 10.5. The van der Waals surface area contributed by atoms with E-state index in [1.165, 1.54) is 11.6 Å². The number of hydrogen-bond acceptors (Lipinski definition) is 4. The first kappa shape index (κ1) is 17.4. The third-order valence-corrected chi connectivity index (χ3v) is 3.93. The minimum absolute atomic E-state index is 0.0284. The summed E-state index contributed by atoms with van der Waals surface area (Å²) in [5.41, 5.74) is 2.00. The molecule has 4 heteroatoms. The third-order valence-electron chi connectivity index (χ3n) is 3.93. The van der Waals surface area contributed by atoms with Gasteiger partial charge in [0.25, 0.3) is 0 Å². The number of carbonyl (C=O) groups excluding carboxylic acids is 1. The third kappa shape index (κ3) is 5.66. The second-order valence-corrected chi connectivity index (χ2v) is 6.10. The van der Waals surface area contributed by atoms with Gasteiger partial charge in [-0.15, -0.1) is 0 Å². The molecule has 0 saturated carbocycles. The van der Waals surface area contributed by atoms with Crippen LogP contribution in [-0.4, -0.2) is 29.9 Å². The van der Waals surface area contributed by atoms with Crippen molar-refractivity contribution in [1.29, 1.82) is 0 Å². The van der Waals surface area contributed by atoms with E-state index in [1.54, 1.807) is 6.92 Å². The van der Waals surface area contributed by atoms with Crippen LogP contribution in [0.4, 0.5) is 0 Å². The first-order valence-corrected chi connectivity index (χ1v) is 7.85. The van der Waals surface area contributed by atoms with Crippen molar-refractivity contribution in [3.63, 3.8) is 0 Å². The lowest BCUT2D eigenvalue weighted by atomic mass is 9.89. The van der Waals surface area contributed by atoms with E-state index in [0.717, 1.165) is 17.6 Å². The Morgan fingerprint density at radius 3 is 2.87 bits per heavy atom. The van der Waals surface area contributed by atoms with Crippen LogP contribution in [0.1, 0.15) is 32.3 Å². The molecule has 1 atom stereocenters. The molecule has 0 amide bonds. The molecule has 1 aromatic rings. The smallest absolute Gasteiger partial charge is 0.330 e. The minimum atomic E-state index is -1.06. The highest BCUT2D eigenvalue weighted by Gasteiger charge is 2.31. The molecule has 0 saturated heterocycles. The predicted molar refractivity (Wildman–Crippen MR) is 88.8 cm³/mol. The molecule has 0 aromatic heterocycles. The highest BCUT2D eigenvalue weighted by atomic mass is 16.5. The monoisotopic (exact) mass is 316 g/mol. The Kier molecular flexibility index (Phi) is 6.13. The van der Waals surface area contributed by atoms with E-state index < -0.39 is 5.60 Å². The fraction of sp³-hybridized carbons (Fsp3) is 0.421. The van der Waals surface area contributed by atoms with E-state index in [2.05, 4.69) is 0 Å². The van der Waals surface area contributed by atoms with Crippen molar-refractivity contribution >= 4 is 5.97 Å². The fourth-order valence-corrected chi connectivity index (χ4v) is 2.37. The second-order valence-electron chi connectivity index (χ2n) is 6.10. The van der Waals surface area contributed by atoms with E-state index in [0.29, 0.717) is 19.6 Å². The maximum atomic E-state index is 11.3. The Labute approximate surface area is 137 Å². The normalized spacial score (nSPS) is 21.8. The van der Waals surface area contributed by atoms with Gasteiger partial charge in [0, 0.05) is 6.08 Å². The zero-order chi connectivity index (χ0) is 16.7. The largest absolute Gasteiger partial charge is 0.459 e. The summed E-state index contributed by atoms with van der Waals surface area (Å²) in [6, 6.07) is 10.0. The SMILES string of the molecule is C/C(=C\COCc1ccccc1)CCC1=CC(=O)OC[C@]1(C)O. The molecule has 0 unspecified atom stereocenters. The average molecular weight is 316 g/mol. The number of rotatable bonds is 7. The van der Waals surface area contributed by atoms with Gasteiger partial charge in [-0.05, 0) is 37.8 Å². The number of cyclic esters (lactones) is 1. The maximum absolute atomic E-state index is 11.3. The van der Waals surface area contributed by atoms with Crippen LogP contribution in [0.25, 0.3) is 0 Å². The highest BCUT2D eigenvalue weighted by Crippen LogP contribution is 2.26. The summed E-state index contributed by atoms with van der Waals surface area (Å²) in [6.07, 6.45) is 4.87. The van der Waals surface area contributed by atoms with Gasteiger partial charge in [0.2, 0.25) is 0 Å². The fourth-order valence-electron chi connectivity index (χ4n) is 2.37. The summed E-state index contributed by atoms with van der Waals surface area (Å²) in [6.45, 7) is 4.88. The number of allylic oxidation sites excluding steroid dienone is 1. The Balaban J connectivity index is 1.75. The van der Waals surface area contributed by atoms with Crippen molar-refractivity contribution in [3.8, 4) is 0 Å². The molecule has 0 aliphatic carbocycles. The lowest BCUT2D eigenvalue weighted by Crippen LogP contribution is -2.38. The van der Waals surface area contributed by atoms with E-state index >= 15 is 0 Å². The zero-order valence-electron chi connectivity index (χ0n) is 13.7. The molecule has 124 valence electrons. The second kappa shape index (κ2) is 8.09. The first-order chi connectivity index (χ1) is 11.0. The number of ether oxygens (including phenoxy) is 2. The van der Waals surface area contributed by atoms with Gasteiger partial charge in [-0.2, -0.15) is 0 Å². The molecule has 1 aromatic carbocycles. The van der Waals surface area contributed by atoms with Crippen molar-refractivity contribution in [2.75, 3.05) is 13.2 Å². The summed E-state index contributed by atoms with van der Waals surface area (Å²) in [4.78, 5) is 11.3. The molecule has 0 radical (unpaired) electrons. The zero-order valence-corrected chi connectivity index (χ0v) is 13.7. The Morgan fingerprint density at radius 1 is 1.39 bits per heavy atom. The molecule has 2 rings (SSSR count). The van der Waals surface area contributed by atoms with Crippen LogP contribution >= 0.6 is 0 Å². The molecular weight excluding hydrogens is 292 g/mol. The van der Waals surface area contributed by atoms with Gasteiger partial charge in [0.1, 0.15) is 12.2 Å². The van der Waals surface area contributed by atoms with Gasteiger partial charge in [-0.1, -0.05) is 42.0 Å². The lowest BCUT2D eigenvalue weighted by Gasteiger charge is -2.29. The van der Waals surface area contributed by atoms with Crippen molar-refractivity contribution in [2.24, 2.45) is 0 Å². The number of benzene rings is 1. The topological polar surface area (TPSA) is 55.8 Å². The molecule has 0 bridgehead atoms. The molecule has 1 aliphatic heterocycles. The van der Waals surface area contributed by atoms with Crippen molar-refractivity contribution < 1.29 is 19.4 Å². The van der Waals surface area contributed by atoms with E-state index in [9.17, 15) is 9.90 Å². The Hall–Kier alpha value is -1.91. The highest BCUT2D eigenvalue weighted by molar-refractivity contribution is 5.84. The van der Waals surface area contributed by atoms with Crippen LogP contribution in [0.5, 0.6) is 0 Å². The van der Waals surface area contributed by atoms with Gasteiger partial charge in [0.15, 0.2) is 0 Å². The minimum Gasteiger partial charge on any atom is -0.459 e. The Morgan fingerprint density at radius 2 is 2.13 bits per heavy atom. The summed E-state index contributed by atoms with van der Waals surface area (Å²) in [7, 11) is 0. The molecule has 1 N–H and O–H groups in total. The van der Waals surface area contributed by atoms with Gasteiger partial charge in [0.05, 0.1) is 13.2 Å². The maximum Gasteiger partial charge on any atom is 0.330 e. The molecule has 23 heavy (non-hydrogen) atoms. The van der Waals surface area contributed by atoms with Gasteiger partial charge >= 0.3 is 5.97 Å². The number of esters is 1. The van der Waals surface area contributed by atoms with Gasteiger partial charge in [-0.3, -0.25) is 0 Å². The molecule has 1 heterocycles. The van der Waals surface area contributed by atoms with Crippen LogP contribution in [0.2, 0.25) is 0 Å². The van der Waals surface area contributed by atoms with Crippen molar-refractivity contribution in [3.05, 3.63) is 59.2 Å². The quantitative estimate of drug-likeness (QED) is 0.477. The van der Waals surface area contributed by atoms with Crippen molar-refractivity contribution in [1.82, 2.24) is 0 Å². The molecule has 0 spiro atoms. The van der Waals surface area contributed by atoms with E-state index in [1.807, 2.05) is 43.3 Å². The van der Waals surface area contributed by atoms with Gasteiger partial charge in [-0.25, -0.2) is 4.79 Å². The molecular formula is C19H24O4. The first-order valence-electron chi connectivity index (χ1n) is 7.85. The lowest BCUT2D eigenvalue weighted by molar-refractivity contribution is -0.145. The molecule has 1 aliphatic rings. The van der Waals surface area contributed by atoms with E-state index in [4.69, 9.17) is 9.47 Å². The summed E-state index contributed by atoms with van der Waals surface area (Å²) in [5, 5.41) is 10.2. The number of hydrogen-bond donors (Lipinski definition) is 1. The van der Waals surface area contributed by atoms with Crippen LogP contribution in [0.15, 0.2) is 53.6 Å². The summed E-state index contributed by atoms with van der Waals surface area (Å²) >= 11 is 0. The summed E-state index contributed by atoms with van der Waals surface area (Å²) in [5.74, 6) is -0.376. The van der Waals surface area contributed by atoms with Gasteiger partial charge < -0.3 is 14.6 Å². The average Bonchev–Trinajstić information content (AvgIpc) is 2.53. The number of aliphatic hydroxyl groups is 1. The van der Waals surface area contributed by atoms with Crippen molar-refractivity contribution in [2.45, 2.75) is 38.9 Å². The van der Waals surface area contributed by atoms with Crippen LogP contribution < -0.4 is 0 Å². The van der Waals surface area contributed by atoms with Crippen LogP contribution in [0, 0.1) is 0 Å². The predicted octanol–water partition coefficient (Wildman–Crippen LogP) is 3.16. The van der Waals surface area contributed by atoms with Crippen LogP contribution in [-0.2, 0) is 20.9 Å².